The van der Waals surface area contributed by atoms with Gasteiger partial charge in [0.2, 0.25) is 0 Å². The van der Waals surface area contributed by atoms with E-state index in [1.165, 1.54) is 6.33 Å². The van der Waals surface area contributed by atoms with E-state index in [0.717, 1.165) is 26.2 Å². The fraction of sp³-hybridized carbons (Fsp3) is 0. The van der Waals surface area contributed by atoms with E-state index in [2.05, 4.69) is 37.7 Å². The Balaban J connectivity index is 2.06. The Morgan fingerprint density at radius 1 is 1.16 bits per heavy atom. The van der Waals surface area contributed by atoms with Crippen molar-refractivity contribution < 1.29 is 0 Å². The summed E-state index contributed by atoms with van der Waals surface area (Å²) in [6.07, 6.45) is 6.96. The molecule has 0 fully saturated rings. The third-order valence-corrected chi connectivity index (χ3v) is 3.48. The van der Waals surface area contributed by atoms with Gasteiger partial charge in [-0.25, -0.2) is 14.6 Å². The van der Waals surface area contributed by atoms with Crippen molar-refractivity contribution in [2.75, 3.05) is 5.73 Å². The molecule has 0 amide bonds. The van der Waals surface area contributed by atoms with Crippen molar-refractivity contribution in [2.45, 2.75) is 0 Å². The highest BCUT2D eigenvalue weighted by Gasteiger charge is 2.08. The smallest absolute Gasteiger partial charge is 0.169 e. The zero-order valence-corrected chi connectivity index (χ0v) is 12.0. The maximum absolute atomic E-state index is 5.97. The number of aromatic nitrogens is 4. The Labute approximate surface area is 123 Å². The van der Waals surface area contributed by atoms with Crippen molar-refractivity contribution in [1.82, 2.24) is 19.7 Å². The van der Waals surface area contributed by atoms with Crippen molar-refractivity contribution in [3.05, 3.63) is 52.8 Å². The second-order valence-electron chi connectivity index (χ2n) is 3.96. The molecule has 3 rings (SSSR count). The van der Waals surface area contributed by atoms with E-state index in [0.29, 0.717) is 0 Å². The molecule has 0 atom stereocenters. The van der Waals surface area contributed by atoms with Gasteiger partial charge in [0.15, 0.2) is 5.82 Å². The number of halogens is 1. The molecular weight excluding hydrogens is 353 g/mol. The number of nitrogens with two attached hydrogens (primary N) is 1. The van der Waals surface area contributed by atoms with Crippen LogP contribution in [0.2, 0.25) is 0 Å². The van der Waals surface area contributed by atoms with Crippen LogP contribution in [0.15, 0.2) is 49.2 Å². The van der Waals surface area contributed by atoms with Crippen molar-refractivity contribution in [3.8, 4) is 16.9 Å². The Morgan fingerprint density at radius 3 is 2.79 bits per heavy atom. The highest BCUT2D eigenvalue weighted by molar-refractivity contribution is 14.1. The SMILES string of the molecule is Nc1ccccc1-c1cnn(-c2ncncc2I)c1. The largest absolute Gasteiger partial charge is 0.398 e. The van der Waals surface area contributed by atoms with Crippen LogP contribution < -0.4 is 5.73 Å². The Morgan fingerprint density at radius 2 is 2.00 bits per heavy atom. The summed E-state index contributed by atoms with van der Waals surface area (Å²) in [5, 5.41) is 4.33. The molecule has 0 unspecified atom stereocenters. The summed E-state index contributed by atoms with van der Waals surface area (Å²) >= 11 is 2.18. The summed E-state index contributed by atoms with van der Waals surface area (Å²) in [6, 6.07) is 7.72. The molecule has 0 bridgehead atoms. The van der Waals surface area contributed by atoms with Crippen LogP contribution in [0.3, 0.4) is 0 Å². The number of para-hydroxylation sites is 1. The molecule has 0 saturated heterocycles. The first-order chi connectivity index (χ1) is 9.25. The average Bonchev–Trinajstić information content (AvgIpc) is 2.89. The quantitative estimate of drug-likeness (QED) is 0.561. The fourth-order valence-electron chi connectivity index (χ4n) is 1.81. The van der Waals surface area contributed by atoms with Gasteiger partial charge in [0.05, 0.1) is 9.77 Å². The number of hydrogen-bond acceptors (Lipinski definition) is 4. The zero-order chi connectivity index (χ0) is 13.2. The summed E-state index contributed by atoms with van der Waals surface area (Å²) in [6.45, 7) is 0. The van der Waals surface area contributed by atoms with Crippen LogP contribution in [0.25, 0.3) is 16.9 Å². The maximum Gasteiger partial charge on any atom is 0.169 e. The lowest BCUT2D eigenvalue weighted by atomic mass is 10.1. The first kappa shape index (κ1) is 12.1. The van der Waals surface area contributed by atoms with Crippen molar-refractivity contribution in [1.29, 1.82) is 0 Å². The molecule has 0 aliphatic rings. The highest BCUT2D eigenvalue weighted by Crippen LogP contribution is 2.25. The lowest BCUT2D eigenvalue weighted by Gasteiger charge is -2.02. The predicted molar refractivity (Wildman–Crippen MR) is 81.7 cm³/mol. The van der Waals surface area contributed by atoms with E-state index in [4.69, 9.17) is 5.73 Å². The Kier molecular flexibility index (Phi) is 3.16. The molecule has 19 heavy (non-hydrogen) atoms. The second kappa shape index (κ2) is 4.96. The number of rotatable bonds is 2. The molecule has 0 radical (unpaired) electrons. The summed E-state index contributed by atoms with van der Waals surface area (Å²) in [7, 11) is 0. The molecule has 0 saturated carbocycles. The monoisotopic (exact) mass is 363 g/mol. The minimum absolute atomic E-state index is 0.736. The van der Waals surface area contributed by atoms with Gasteiger partial charge in [-0.15, -0.1) is 0 Å². The molecule has 0 spiro atoms. The van der Waals surface area contributed by atoms with E-state index >= 15 is 0 Å². The summed E-state index contributed by atoms with van der Waals surface area (Å²) in [5.41, 5.74) is 8.64. The van der Waals surface area contributed by atoms with Gasteiger partial charge in [0, 0.05) is 29.2 Å². The Bertz CT molecular complexity index is 662. The van der Waals surface area contributed by atoms with Gasteiger partial charge in [-0.1, -0.05) is 18.2 Å². The molecule has 1 aromatic carbocycles. The minimum atomic E-state index is 0.736. The van der Waals surface area contributed by atoms with E-state index in [1.54, 1.807) is 17.1 Å². The van der Waals surface area contributed by atoms with E-state index < -0.39 is 0 Å². The van der Waals surface area contributed by atoms with E-state index in [9.17, 15) is 0 Å². The average molecular weight is 363 g/mol. The van der Waals surface area contributed by atoms with Crippen LogP contribution in [0, 0.1) is 3.57 Å². The third-order valence-electron chi connectivity index (χ3n) is 2.72. The number of hydrogen-bond donors (Lipinski definition) is 1. The molecule has 0 aliphatic heterocycles. The van der Waals surface area contributed by atoms with Gasteiger partial charge < -0.3 is 5.73 Å². The number of nitrogen functional groups attached to an aromatic ring is 1. The first-order valence-corrected chi connectivity index (χ1v) is 6.69. The number of nitrogens with zero attached hydrogens (tertiary/aromatic N) is 4. The van der Waals surface area contributed by atoms with Crippen molar-refractivity contribution in [2.24, 2.45) is 0 Å². The molecule has 2 N–H and O–H groups in total. The second-order valence-corrected chi connectivity index (χ2v) is 5.12. The fourth-order valence-corrected chi connectivity index (χ4v) is 2.36. The molecule has 5 nitrogen and oxygen atoms in total. The Hall–Kier alpha value is -1.96. The molecule has 2 aromatic heterocycles. The lowest BCUT2D eigenvalue weighted by molar-refractivity contribution is 0.832. The van der Waals surface area contributed by atoms with Gasteiger partial charge in [-0.3, -0.25) is 0 Å². The number of benzene rings is 1. The molecule has 94 valence electrons. The van der Waals surface area contributed by atoms with E-state index in [1.807, 2.05) is 30.5 Å². The van der Waals surface area contributed by atoms with Crippen molar-refractivity contribution in [3.63, 3.8) is 0 Å². The standard InChI is InChI=1S/C13H10IN5/c14-11-6-16-8-17-13(11)19-7-9(5-18-19)10-3-1-2-4-12(10)15/h1-8H,15H2. The van der Waals surface area contributed by atoms with Gasteiger partial charge >= 0.3 is 0 Å². The normalized spacial score (nSPS) is 10.6. The zero-order valence-electron chi connectivity index (χ0n) is 9.86. The topological polar surface area (TPSA) is 69.6 Å². The minimum Gasteiger partial charge on any atom is -0.398 e. The third kappa shape index (κ3) is 2.30. The van der Waals surface area contributed by atoms with Crippen LogP contribution in [0.5, 0.6) is 0 Å². The van der Waals surface area contributed by atoms with Gasteiger partial charge in [-0.05, 0) is 28.7 Å². The highest BCUT2D eigenvalue weighted by atomic mass is 127. The molecule has 0 aliphatic carbocycles. The molecular formula is C13H10IN5. The van der Waals surface area contributed by atoms with Crippen LogP contribution in [-0.2, 0) is 0 Å². The molecule has 3 aromatic rings. The molecule has 6 heteroatoms. The van der Waals surface area contributed by atoms with Crippen LogP contribution >= 0.6 is 22.6 Å². The van der Waals surface area contributed by atoms with Crippen molar-refractivity contribution >= 4 is 28.3 Å². The maximum atomic E-state index is 5.97. The predicted octanol–water partition coefficient (Wildman–Crippen LogP) is 2.52. The number of anilines is 1. The lowest BCUT2D eigenvalue weighted by Crippen LogP contribution is -2.00. The van der Waals surface area contributed by atoms with Crippen LogP contribution in [-0.4, -0.2) is 19.7 Å². The summed E-state index contributed by atoms with van der Waals surface area (Å²) in [5.74, 6) is 0.761. The van der Waals surface area contributed by atoms with Gasteiger partial charge in [0.25, 0.3) is 0 Å². The van der Waals surface area contributed by atoms with E-state index in [-0.39, 0.29) is 0 Å². The summed E-state index contributed by atoms with van der Waals surface area (Å²) in [4.78, 5) is 8.20. The first-order valence-electron chi connectivity index (χ1n) is 5.61. The van der Waals surface area contributed by atoms with Gasteiger partial charge in [-0.2, -0.15) is 5.10 Å². The molecule has 2 heterocycles. The van der Waals surface area contributed by atoms with Crippen LogP contribution in [0.4, 0.5) is 5.69 Å². The van der Waals surface area contributed by atoms with Crippen LogP contribution in [0.1, 0.15) is 0 Å². The van der Waals surface area contributed by atoms with Gasteiger partial charge in [0.1, 0.15) is 6.33 Å². The summed E-state index contributed by atoms with van der Waals surface area (Å²) < 4.78 is 2.67.